The molecule has 0 aliphatic carbocycles. The second-order valence-corrected chi connectivity index (χ2v) is 8.67. The fraction of sp³-hybridized carbons (Fsp3) is 0.591. The van der Waals surface area contributed by atoms with Crippen LogP contribution in [-0.4, -0.2) is 51.8 Å². The van der Waals surface area contributed by atoms with E-state index in [0.717, 1.165) is 62.0 Å². The molecule has 1 amide bonds. The van der Waals surface area contributed by atoms with Crippen LogP contribution in [0.25, 0.3) is 0 Å². The van der Waals surface area contributed by atoms with Gasteiger partial charge in [-0.05, 0) is 56.3 Å². The number of hydrogen-bond acceptors (Lipinski definition) is 4. The zero-order valence-corrected chi connectivity index (χ0v) is 17.7. The summed E-state index contributed by atoms with van der Waals surface area (Å²) in [5.74, 6) is 2.76. The summed E-state index contributed by atoms with van der Waals surface area (Å²) >= 11 is 5.92. The average Bonchev–Trinajstić information content (AvgIpc) is 2.98. The molecular weight excluding hydrogens is 386 g/mol. The SMILES string of the molecule is O=C(CN1CCCC(c2nnc3n2CCCCC3)C1)NCCc1ccc(Cl)cc1. The monoisotopic (exact) mass is 415 g/mol. The van der Waals surface area contributed by atoms with Crippen LogP contribution in [0.5, 0.6) is 0 Å². The topological polar surface area (TPSA) is 63.1 Å². The van der Waals surface area contributed by atoms with Crippen molar-refractivity contribution in [1.29, 1.82) is 0 Å². The number of benzene rings is 1. The molecule has 4 rings (SSSR count). The number of nitrogens with one attached hydrogen (secondary N) is 1. The standard InChI is InChI=1S/C22H30ClN5O/c23-19-9-7-17(8-10-19)11-12-24-21(29)16-27-13-4-5-18(15-27)22-26-25-20-6-2-1-3-14-28(20)22/h7-10,18H,1-6,11-16H2,(H,24,29). The number of rotatable bonds is 6. The maximum Gasteiger partial charge on any atom is 0.234 e. The molecule has 2 aromatic rings. The summed E-state index contributed by atoms with van der Waals surface area (Å²) in [6.07, 6.45) is 7.79. The number of nitrogens with zero attached hydrogens (tertiary/aromatic N) is 4. The van der Waals surface area contributed by atoms with E-state index in [2.05, 4.69) is 25.0 Å². The summed E-state index contributed by atoms with van der Waals surface area (Å²) < 4.78 is 2.35. The number of piperidine rings is 1. The molecule has 1 fully saturated rings. The molecule has 1 unspecified atom stereocenters. The molecule has 2 aliphatic heterocycles. The number of hydrogen-bond donors (Lipinski definition) is 1. The average molecular weight is 416 g/mol. The molecule has 6 nitrogen and oxygen atoms in total. The first-order chi connectivity index (χ1) is 14.2. The van der Waals surface area contributed by atoms with Crippen LogP contribution < -0.4 is 5.32 Å². The first-order valence-corrected chi connectivity index (χ1v) is 11.2. The van der Waals surface area contributed by atoms with Gasteiger partial charge in [-0.2, -0.15) is 0 Å². The molecule has 156 valence electrons. The molecule has 0 spiro atoms. The van der Waals surface area contributed by atoms with Crippen LogP contribution in [0.2, 0.25) is 5.02 Å². The van der Waals surface area contributed by atoms with Gasteiger partial charge in [0.15, 0.2) is 0 Å². The lowest BCUT2D eigenvalue weighted by Crippen LogP contribution is -2.42. The van der Waals surface area contributed by atoms with Gasteiger partial charge in [0, 0.05) is 37.0 Å². The van der Waals surface area contributed by atoms with Crippen LogP contribution >= 0.6 is 11.6 Å². The highest BCUT2D eigenvalue weighted by molar-refractivity contribution is 6.30. The molecule has 7 heteroatoms. The number of carbonyl (C=O) groups excluding carboxylic acids is 1. The Balaban J connectivity index is 1.27. The first kappa shape index (κ1) is 20.4. The summed E-state index contributed by atoms with van der Waals surface area (Å²) in [4.78, 5) is 14.7. The fourth-order valence-corrected chi connectivity index (χ4v) is 4.60. The summed E-state index contributed by atoms with van der Waals surface area (Å²) in [7, 11) is 0. The quantitative estimate of drug-likeness (QED) is 0.786. The summed E-state index contributed by atoms with van der Waals surface area (Å²) in [6, 6.07) is 7.78. The minimum absolute atomic E-state index is 0.0969. The van der Waals surface area contributed by atoms with Crippen molar-refractivity contribution in [2.24, 2.45) is 0 Å². The molecule has 1 atom stereocenters. The van der Waals surface area contributed by atoms with Crippen LogP contribution in [0.15, 0.2) is 24.3 Å². The lowest BCUT2D eigenvalue weighted by atomic mass is 9.97. The van der Waals surface area contributed by atoms with Gasteiger partial charge in [-0.3, -0.25) is 9.69 Å². The highest BCUT2D eigenvalue weighted by Crippen LogP contribution is 2.27. The molecule has 0 saturated carbocycles. The third-order valence-corrected chi connectivity index (χ3v) is 6.28. The Bertz CT molecular complexity index is 819. The predicted molar refractivity (Wildman–Crippen MR) is 114 cm³/mol. The van der Waals surface area contributed by atoms with E-state index in [0.29, 0.717) is 19.0 Å². The lowest BCUT2D eigenvalue weighted by Gasteiger charge is -2.31. The number of halogens is 1. The Labute approximate surface area is 177 Å². The Morgan fingerprint density at radius 2 is 1.97 bits per heavy atom. The van der Waals surface area contributed by atoms with E-state index in [1.165, 1.54) is 24.8 Å². The van der Waals surface area contributed by atoms with Crippen molar-refractivity contribution in [3.63, 3.8) is 0 Å². The second-order valence-electron chi connectivity index (χ2n) is 8.24. The molecule has 29 heavy (non-hydrogen) atoms. The van der Waals surface area contributed by atoms with Crippen LogP contribution in [0.3, 0.4) is 0 Å². The van der Waals surface area contributed by atoms with Gasteiger partial charge in [-0.1, -0.05) is 30.2 Å². The highest BCUT2D eigenvalue weighted by Gasteiger charge is 2.28. The Morgan fingerprint density at radius 1 is 1.10 bits per heavy atom. The zero-order valence-electron chi connectivity index (χ0n) is 16.9. The van der Waals surface area contributed by atoms with Gasteiger partial charge in [0.05, 0.1) is 6.54 Å². The van der Waals surface area contributed by atoms with E-state index in [9.17, 15) is 4.79 Å². The molecule has 3 heterocycles. The van der Waals surface area contributed by atoms with E-state index in [1.807, 2.05) is 24.3 Å². The van der Waals surface area contributed by atoms with Gasteiger partial charge in [0.2, 0.25) is 5.91 Å². The number of aromatic nitrogens is 3. The van der Waals surface area contributed by atoms with Gasteiger partial charge in [0.1, 0.15) is 11.6 Å². The van der Waals surface area contributed by atoms with Crippen molar-refractivity contribution in [2.75, 3.05) is 26.2 Å². The van der Waals surface area contributed by atoms with Gasteiger partial charge < -0.3 is 9.88 Å². The van der Waals surface area contributed by atoms with E-state index in [1.54, 1.807) is 0 Å². The van der Waals surface area contributed by atoms with Crippen molar-refractivity contribution in [3.05, 3.63) is 46.5 Å². The second kappa shape index (κ2) is 9.72. The highest BCUT2D eigenvalue weighted by atomic mass is 35.5. The van der Waals surface area contributed by atoms with Gasteiger partial charge in [-0.15, -0.1) is 10.2 Å². The third-order valence-electron chi connectivity index (χ3n) is 6.03. The van der Waals surface area contributed by atoms with Gasteiger partial charge in [0.25, 0.3) is 0 Å². The van der Waals surface area contributed by atoms with Crippen LogP contribution in [0.1, 0.15) is 55.2 Å². The summed E-state index contributed by atoms with van der Waals surface area (Å²) in [5.41, 5.74) is 1.18. The molecule has 2 aliphatic rings. The zero-order chi connectivity index (χ0) is 20.1. The van der Waals surface area contributed by atoms with Gasteiger partial charge >= 0.3 is 0 Å². The number of likely N-dealkylation sites (tertiary alicyclic amines) is 1. The van der Waals surface area contributed by atoms with E-state index in [-0.39, 0.29) is 5.91 Å². The third kappa shape index (κ3) is 5.37. The molecule has 1 aromatic carbocycles. The number of fused-ring (bicyclic) bond motifs is 1. The lowest BCUT2D eigenvalue weighted by molar-refractivity contribution is -0.122. The molecule has 1 aromatic heterocycles. The first-order valence-electron chi connectivity index (χ1n) is 10.8. The fourth-order valence-electron chi connectivity index (χ4n) is 4.48. The molecular formula is C22H30ClN5O. The minimum atomic E-state index is 0.0969. The van der Waals surface area contributed by atoms with Crippen molar-refractivity contribution >= 4 is 17.5 Å². The van der Waals surface area contributed by atoms with Crippen LogP contribution in [0.4, 0.5) is 0 Å². The van der Waals surface area contributed by atoms with Crippen LogP contribution in [0, 0.1) is 0 Å². The molecule has 1 N–H and O–H groups in total. The predicted octanol–water partition coefficient (Wildman–Crippen LogP) is 3.20. The summed E-state index contributed by atoms with van der Waals surface area (Å²) in [5, 5.41) is 12.8. The largest absolute Gasteiger partial charge is 0.355 e. The van der Waals surface area contributed by atoms with E-state index in [4.69, 9.17) is 11.6 Å². The Hall–Kier alpha value is -1.92. The molecule has 0 radical (unpaired) electrons. The Morgan fingerprint density at radius 3 is 2.83 bits per heavy atom. The smallest absolute Gasteiger partial charge is 0.234 e. The van der Waals surface area contributed by atoms with Crippen LogP contribution in [-0.2, 0) is 24.2 Å². The summed E-state index contributed by atoms with van der Waals surface area (Å²) in [6.45, 7) is 4.01. The minimum Gasteiger partial charge on any atom is -0.355 e. The van der Waals surface area contributed by atoms with E-state index >= 15 is 0 Å². The maximum absolute atomic E-state index is 12.4. The number of amides is 1. The normalized spacial score (nSPS) is 20.1. The molecule has 1 saturated heterocycles. The van der Waals surface area contributed by atoms with Gasteiger partial charge in [-0.25, -0.2) is 0 Å². The maximum atomic E-state index is 12.4. The molecule has 0 bridgehead atoms. The number of carbonyl (C=O) groups is 1. The number of aryl methyl sites for hydroxylation is 1. The van der Waals surface area contributed by atoms with Crippen molar-refractivity contribution < 1.29 is 4.79 Å². The van der Waals surface area contributed by atoms with Crippen molar-refractivity contribution in [1.82, 2.24) is 25.0 Å². The Kier molecular flexibility index (Phi) is 6.82. The van der Waals surface area contributed by atoms with Crippen molar-refractivity contribution in [3.8, 4) is 0 Å². The van der Waals surface area contributed by atoms with Crippen molar-refractivity contribution in [2.45, 2.75) is 57.4 Å². The van der Waals surface area contributed by atoms with E-state index < -0.39 is 0 Å².